The zero-order valence-corrected chi connectivity index (χ0v) is 7.53. The number of hydrogen-bond acceptors (Lipinski definition) is 3. The van der Waals surface area contributed by atoms with E-state index in [2.05, 4.69) is 0 Å². The summed E-state index contributed by atoms with van der Waals surface area (Å²) in [7, 11) is 0. The molecule has 0 aromatic rings. The van der Waals surface area contributed by atoms with Crippen molar-refractivity contribution < 1.29 is 9.59 Å². The monoisotopic (exact) mass is 185 g/mol. The van der Waals surface area contributed by atoms with E-state index in [4.69, 9.17) is 11.5 Å². The Hall–Kier alpha value is -1.10. The Bertz CT molecular complexity index is 217. The van der Waals surface area contributed by atoms with Crippen LogP contribution in [0.3, 0.4) is 0 Å². The molecule has 0 aromatic carbocycles. The molecule has 0 bridgehead atoms. The van der Waals surface area contributed by atoms with E-state index in [-0.39, 0.29) is 24.3 Å². The summed E-state index contributed by atoms with van der Waals surface area (Å²) >= 11 is 0. The molecule has 1 atom stereocenters. The van der Waals surface area contributed by atoms with Gasteiger partial charge in [-0.1, -0.05) is 0 Å². The molecule has 1 aliphatic heterocycles. The number of piperidine rings is 1. The molecule has 1 saturated heterocycles. The summed E-state index contributed by atoms with van der Waals surface area (Å²) in [6.07, 6.45) is 1.87. The van der Waals surface area contributed by atoms with E-state index < -0.39 is 0 Å². The van der Waals surface area contributed by atoms with Gasteiger partial charge in [-0.25, -0.2) is 0 Å². The van der Waals surface area contributed by atoms with Crippen LogP contribution < -0.4 is 11.5 Å². The number of rotatable bonds is 3. The summed E-state index contributed by atoms with van der Waals surface area (Å²) in [4.78, 5) is 23.5. The summed E-state index contributed by atoms with van der Waals surface area (Å²) in [5.41, 5.74) is 10.5. The van der Waals surface area contributed by atoms with Crippen LogP contribution in [0.4, 0.5) is 0 Å². The van der Waals surface area contributed by atoms with Gasteiger partial charge in [-0.05, 0) is 12.8 Å². The highest BCUT2D eigenvalue weighted by atomic mass is 16.2. The van der Waals surface area contributed by atoms with E-state index in [1.54, 1.807) is 4.90 Å². The Labute approximate surface area is 77.1 Å². The Morgan fingerprint density at radius 3 is 2.92 bits per heavy atom. The van der Waals surface area contributed by atoms with Gasteiger partial charge in [0.05, 0.1) is 6.04 Å². The molecular formula is C8H15N3O2. The van der Waals surface area contributed by atoms with Crippen molar-refractivity contribution in [1.29, 1.82) is 0 Å². The normalized spacial score (nSPS) is 23.3. The van der Waals surface area contributed by atoms with Gasteiger partial charge >= 0.3 is 0 Å². The Morgan fingerprint density at radius 2 is 2.31 bits per heavy atom. The van der Waals surface area contributed by atoms with Crippen LogP contribution in [-0.4, -0.2) is 35.8 Å². The Balaban J connectivity index is 2.40. The highest BCUT2D eigenvalue weighted by molar-refractivity contribution is 5.83. The third-order valence-electron chi connectivity index (χ3n) is 2.20. The van der Waals surface area contributed by atoms with E-state index in [9.17, 15) is 9.59 Å². The first kappa shape index (κ1) is 9.98. The second-order valence-corrected chi connectivity index (χ2v) is 3.29. The standard InChI is InChI=1S/C8H15N3O2/c9-6-2-1-4-11(8(6)13)5-3-7(10)12/h6H,1-5,9H2,(H2,10,12). The van der Waals surface area contributed by atoms with Gasteiger partial charge in [0.25, 0.3) is 0 Å². The molecule has 5 heteroatoms. The van der Waals surface area contributed by atoms with Crippen molar-refractivity contribution in [3.63, 3.8) is 0 Å². The average molecular weight is 185 g/mol. The molecule has 5 nitrogen and oxygen atoms in total. The van der Waals surface area contributed by atoms with Crippen molar-refractivity contribution in [1.82, 2.24) is 4.90 Å². The smallest absolute Gasteiger partial charge is 0.239 e. The van der Waals surface area contributed by atoms with Gasteiger partial charge in [-0.2, -0.15) is 0 Å². The quantitative estimate of drug-likeness (QED) is 0.579. The molecule has 1 aliphatic rings. The van der Waals surface area contributed by atoms with Crippen LogP contribution in [0.15, 0.2) is 0 Å². The minimum atomic E-state index is -0.387. The van der Waals surface area contributed by atoms with Crippen LogP contribution in [0.5, 0.6) is 0 Å². The van der Waals surface area contributed by atoms with Crippen LogP contribution in [-0.2, 0) is 9.59 Å². The van der Waals surface area contributed by atoms with Crippen LogP contribution >= 0.6 is 0 Å². The number of nitrogens with zero attached hydrogens (tertiary/aromatic N) is 1. The number of carbonyl (C=O) groups is 2. The molecule has 1 fully saturated rings. The summed E-state index contributed by atoms with van der Waals surface area (Å²) in [6.45, 7) is 1.10. The Kier molecular flexibility index (Phi) is 3.25. The lowest BCUT2D eigenvalue weighted by atomic mass is 10.1. The van der Waals surface area contributed by atoms with E-state index in [1.807, 2.05) is 0 Å². The van der Waals surface area contributed by atoms with Crippen LogP contribution in [0.25, 0.3) is 0 Å². The van der Waals surface area contributed by atoms with E-state index >= 15 is 0 Å². The van der Waals surface area contributed by atoms with Crippen molar-refractivity contribution in [3.05, 3.63) is 0 Å². The third kappa shape index (κ3) is 2.69. The predicted octanol–water partition coefficient (Wildman–Crippen LogP) is -1.19. The topological polar surface area (TPSA) is 89.4 Å². The molecule has 0 aromatic heterocycles. The minimum absolute atomic E-state index is 0.0625. The highest BCUT2D eigenvalue weighted by Crippen LogP contribution is 2.09. The van der Waals surface area contributed by atoms with Gasteiger partial charge in [-0.15, -0.1) is 0 Å². The van der Waals surface area contributed by atoms with E-state index in [1.165, 1.54) is 0 Å². The number of amides is 2. The fourth-order valence-electron chi connectivity index (χ4n) is 1.44. The van der Waals surface area contributed by atoms with Crippen molar-refractivity contribution in [3.8, 4) is 0 Å². The Morgan fingerprint density at radius 1 is 1.62 bits per heavy atom. The molecule has 13 heavy (non-hydrogen) atoms. The summed E-state index contributed by atoms with van der Waals surface area (Å²) in [6, 6.07) is -0.387. The second-order valence-electron chi connectivity index (χ2n) is 3.29. The molecule has 1 unspecified atom stereocenters. The number of likely N-dealkylation sites (tertiary alicyclic amines) is 1. The molecule has 0 saturated carbocycles. The van der Waals surface area contributed by atoms with E-state index in [0.717, 1.165) is 12.8 Å². The summed E-state index contributed by atoms with van der Waals surface area (Å²) in [5.74, 6) is -0.445. The lowest BCUT2D eigenvalue weighted by molar-refractivity contribution is -0.135. The molecule has 1 rings (SSSR count). The van der Waals surface area contributed by atoms with Gasteiger partial charge in [-0.3, -0.25) is 9.59 Å². The zero-order chi connectivity index (χ0) is 9.84. The second kappa shape index (κ2) is 4.23. The van der Waals surface area contributed by atoms with Crippen LogP contribution in [0.1, 0.15) is 19.3 Å². The van der Waals surface area contributed by atoms with Gasteiger partial charge in [0, 0.05) is 19.5 Å². The number of primary amides is 1. The van der Waals surface area contributed by atoms with Crippen molar-refractivity contribution in [2.24, 2.45) is 11.5 Å². The van der Waals surface area contributed by atoms with Gasteiger partial charge < -0.3 is 16.4 Å². The lowest BCUT2D eigenvalue weighted by Crippen LogP contribution is -2.49. The lowest BCUT2D eigenvalue weighted by Gasteiger charge is -2.29. The zero-order valence-electron chi connectivity index (χ0n) is 7.53. The maximum atomic E-state index is 11.4. The fourth-order valence-corrected chi connectivity index (χ4v) is 1.44. The first-order valence-corrected chi connectivity index (χ1v) is 4.44. The first-order chi connectivity index (χ1) is 6.11. The maximum absolute atomic E-state index is 11.4. The first-order valence-electron chi connectivity index (χ1n) is 4.44. The van der Waals surface area contributed by atoms with Gasteiger partial charge in [0.2, 0.25) is 11.8 Å². The summed E-state index contributed by atoms with van der Waals surface area (Å²) in [5, 5.41) is 0. The minimum Gasteiger partial charge on any atom is -0.370 e. The van der Waals surface area contributed by atoms with Crippen molar-refractivity contribution in [2.75, 3.05) is 13.1 Å². The molecule has 4 N–H and O–H groups in total. The highest BCUT2D eigenvalue weighted by Gasteiger charge is 2.25. The fraction of sp³-hybridized carbons (Fsp3) is 0.750. The molecule has 1 heterocycles. The molecule has 0 spiro atoms. The van der Waals surface area contributed by atoms with Crippen LogP contribution in [0, 0.1) is 0 Å². The van der Waals surface area contributed by atoms with Crippen molar-refractivity contribution >= 4 is 11.8 Å². The molecule has 0 aliphatic carbocycles. The largest absolute Gasteiger partial charge is 0.370 e. The van der Waals surface area contributed by atoms with Gasteiger partial charge in [0.1, 0.15) is 0 Å². The van der Waals surface area contributed by atoms with Crippen molar-refractivity contribution in [2.45, 2.75) is 25.3 Å². The van der Waals surface area contributed by atoms with E-state index in [0.29, 0.717) is 13.1 Å². The maximum Gasteiger partial charge on any atom is 0.239 e. The SMILES string of the molecule is NC(=O)CCN1CCCC(N)C1=O. The molecular weight excluding hydrogens is 170 g/mol. The number of hydrogen-bond donors (Lipinski definition) is 2. The number of carbonyl (C=O) groups excluding carboxylic acids is 2. The average Bonchev–Trinajstić information content (AvgIpc) is 2.07. The van der Waals surface area contributed by atoms with Gasteiger partial charge in [0.15, 0.2) is 0 Å². The predicted molar refractivity (Wildman–Crippen MR) is 47.6 cm³/mol. The molecule has 74 valence electrons. The van der Waals surface area contributed by atoms with Crippen LogP contribution in [0.2, 0.25) is 0 Å². The molecule has 0 radical (unpaired) electrons. The third-order valence-corrected chi connectivity index (χ3v) is 2.20. The summed E-state index contributed by atoms with van der Waals surface area (Å²) < 4.78 is 0. The number of nitrogens with two attached hydrogens (primary N) is 2. The molecule has 2 amide bonds.